The summed E-state index contributed by atoms with van der Waals surface area (Å²) in [6.07, 6.45) is -1.35. The number of methoxy groups -OCH3 is 1. The van der Waals surface area contributed by atoms with Gasteiger partial charge in [-0.1, -0.05) is 49.4 Å². The number of ketones is 2. The van der Waals surface area contributed by atoms with Gasteiger partial charge in [-0.3, -0.25) is 14.4 Å². The molecule has 0 aliphatic carbocycles. The maximum Gasteiger partial charge on any atom is 0.278 e. The summed E-state index contributed by atoms with van der Waals surface area (Å²) in [7, 11) is 1.12. The minimum absolute atomic E-state index is 0.0867. The Morgan fingerprint density at radius 2 is 1.90 bits per heavy atom. The topological polar surface area (TPSA) is 142 Å². The maximum absolute atomic E-state index is 13.1. The van der Waals surface area contributed by atoms with Crippen LogP contribution in [0.1, 0.15) is 30.6 Å². The Morgan fingerprint density at radius 1 is 1.26 bits per heavy atom. The fraction of sp³-hybridized carbons (Fsp3) is 0.409. The minimum atomic E-state index is -2.49. The van der Waals surface area contributed by atoms with Crippen LogP contribution in [0.3, 0.4) is 0 Å². The van der Waals surface area contributed by atoms with Crippen LogP contribution >= 0.6 is 0 Å². The van der Waals surface area contributed by atoms with Gasteiger partial charge in [0.1, 0.15) is 11.9 Å². The van der Waals surface area contributed by atoms with Crippen LogP contribution in [0.2, 0.25) is 0 Å². The lowest BCUT2D eigenvalue weighted by Crippen LogP contribution is -2.60. The summed E-state index contributed by atoms with van der Waals surface area (Å²) < 4.78 is 10.8. The number of rotatable bonds is 7. The number of aliphatic hydroxyl groups is 3. The second-order valence-electron chi connectivity index (χ2n) is 7.45. The molecular formula is C22H25NO8. The minimum Gasteiger partial charge on any atom is -0.467 e. The summed E-state index contributed by atoms with van der Waals surface area (Å²) in [5.74, 6) is -2.97. The number of carbonyl (C=O) groups is 3. The SMILES string of the molecule is CCC(O)/C=C/[C@H](O)C1=C(C)C(=O)[C@]2(O1)C(=O)N[C@@](OC)(C(=O)c1ccccc1)[C@@H]2O. The second-order valence-corrected chi connectivity index (χ2v) is 7.45. The first-order chi connectivity index (χ1) is 14.7. The Balaban J connectivity index is 1.98. The van der Waals surface area contributed by atoms with Crippen molar-refractivity contribution in [3.63, 3.8) is 0 Å². The Bertz CT molecular complexity index is 956. The van der Waals surface area contributed by atoms with Gasteiger partial charge < -0.3 is 30.1 Å². The van der Waals surface area contributed by atoms with Crippen LogP contribution in [0.4, 0.5) is 0 Å². The van der Waals surface area contributed by atoms with E-state index in [1.807, 2.05) is 0 Å². The second kappa shape index (κ2) is 8.35. The number of hydrogen-bond acceptors (Lipinski definition) is 8. The molecule has 2 aliphatic heterocycles. The molecule has 31 heavy (non-hydrogen) atoms. The van der Waals surface area contributed by atoms with E-state index >= 15 is 0 Å². The molecule has 2 aliphatic rings. The van der Waals surface area contributed by atoms with Crippen LogP contribution in [0.25, 0.3) is 0 Å². The molecule has 1 amide bonds. The molecule has 5 atom stereocenters. The highest BCUT2D eigenvalue weighted by Crippen LogP contribution is 2.44. The molecule has 3 rings (SSSR count). The van der Waals surface area contributed by atoms with Crippen molar-refractivity contribution in [2.45, 2.75) is 49.9 Å². The number of hydrogen-bond donors (Lipinski definition) is 4. The zero-order valence-electron chi connectivity index (χ0n) is 17.4. The molecule has 0 saturated carbocycles. The molecule has 1 fully saturated rings. The first-order valence-electron chi connectivity index (χ1n) is 9.80. The van der Waals surface area contributed by atoms with E-state index in [0.717, 1.165) is 7.11 Å². The van der Waals surface area contributed by atoms with Gasteiger partial charge in [0.2, 0.25) is 17.3 Å². The molecule has 1 unspecified atom stereocenters. The zero-order valence-corrected chi connectivity index (χ0v) is 17.4. The van der Waals surface area contributed by atoms with E-state index in [-0.39, 0.29) is 16.9 Å². The van der Waals surface area contributed by atoms with E-state index in [1.54, 1.807) is 25.1 Å². The Kier molecular flexibility index (Phi) is 6.15. The van der Waals surface area contributed by atoms with Gasteiger partial charge in [0, 0.05) is 18.2 Å². The number of amides is 1. The fourth-order valence-electron chi connectivity index (χ4n) is 3.74. The number of benzene rings is 1. The Hall–Kier alpha value is -2.85. The molecule has 0 radical (unpaired) electrons. The largest absolute Gasteiger partial charge is 0.467 e. The van der Waals surface area contributed by atoms with E-state index in [4.69, 9.17) is 9.47 Å². The van der Waals surface area contributed by atoms with Crippen LogP contribution < -0.4 is 5.32 Å². The van der Waals surface area contributed by atoms with E-state index in [9.17, 15) is 29.7 Å². The van der Waals surface area contributed by atoms with Gasteiger partial charge in [0.15, 0.2) is 6.10 Å². The van der Waals surface area contributed by atoms with Crippen molar-refractivity contribution in [2.24, 2.45) is 0 Å². The first kappa shape index (κ1) is 22.8. The molecule has 9 heteroatoms. The summed E-state index contributed by atoms with van der Waals surface area (Å²) in [6, 6.07) is 7.85. The highest BCUT2D eigenvalue weighted by molar-refractivity contribution is 6.23. The Morgan fingerprint density at radius 3 is 2.48 bits per heavy atom. The van der Waals surface area contributed by atoms with Gasteiger partial charge in [0.05, 0.1) is 6.10 Å². The number of nitrogens with one attached hydrogen (secondary N) is 1. The number of aliphatic hydroxyl groups excluding tert-OH is 3. The van der Waals surface area contributed by atoms with Crippen molar-refractivity contribution < 1.29 is 39.2 Å². The number of carbonyl (C=O) groups excluding carboxylic acids is 3. The summed E-state index contributed by atoms with van der Waals surface area (Å²) in [5.41, 5.74) is -4.69. The predicted octanol–water partition coefficient (Wildman–Crippen LogP) is 0.00280. The summed E-state index contributed by atoms with van der Waals surface area (Å²) in [5, 5.41) is 33.5. The van der Waals surface area contributed by atoms with Crippen molar-refractivity contribution in [2.75, 3.05) is 7.11 Å². The van der Waals surface area contributed by atoms with Crippen molar-refractivity contribution in [3.8, 4) is 0 Å². The average molecular weight is 431 g/mol. The van der Waals surface area contributed by atoms with Crippen molar-refractivity contribution in [3.05, 3.63) is 59.4 Å². The van der Waals surface area contributed by atoms with Gasteiger partial charge in [-0.25, -0.2) is 0 Å². The number of ether oxygens (including phenoxy) is 2. The molecule has 9 nitrogen and oxygen atoms in total. The normalized spacial score (nSPS) is 30.1. The average Bonchev–Trinajstić information content (AvgIpc) is 3.18. The Labute approximate surface area is 179 Å². The quantitative estimate of drug-likeness (QED) is 0.269. The molecular weight excluding hydrogens is 406 g/mol. The molecule has 1 spiro atoms. The first-order valence-corrected chi connectivity index (χ1v) is 9.80. The molecule has 1 saturated heterocycles. The molecule has 166 valence electrons. The van der Waals surface area contributed by atoms with Gasteiger partial charge in [0.25, 0.3) is 11.5 Å². The van der Waals surface area contributed by atoms with Gasteiger partial charge in [-0.05, 0) is 13.3 Å². The molecule has 4 N–H and O–H groups in total. The lowest BCUT2D eigenvalue weighted by Gasteiger charge is -2.32. The van der Waals surface area contributed by atoms with Crippen molar-refractivity contribution in [1.29, 1.82) is 0 Å². The molecule has 2 heterocycles. The monoisotopic (exact) mass is 431 g/mol. The highest BCUT2D eigenvalue weighted by atomic mass is 16.6. The molecule has 1 aromatic rings. The summed E-state index contributed by atoms with van der Waals surface area (Å²) in [6.45, 7) is 3.08. The van der Waals surface area contributed by atoms with E-state index < -0.39 is 47.1 Å². The lowest BCUT2D eigenvalue weighted by atomic mass is 9.85. The van der Waals surface area contributed by atoms with Crippen molar-refractivity contribution >= 4 is 17.5 Å². The van der Waals surface area contributed by atoms with Crippen LogP contribution in [0.15, 0.2) is 53.8 Å². The fourth-order valence-corrected chi connectivity index (χ4v) is 3.74. The molecule has 1 aromatic carbocycles. The van der Waals surface area contributed by atoms with Gasteiger partial charge >= 0.3 is 0 Å². The number of Topliss-reactive ketones (excluding diaryl/α,β-unsaturated/α-hetero) is 2. The smallest absolute Gasteiger partial charge is 0.278 e. The highest BCUT2D eigenvalue weighted by Gasteiger charge is 2.74. The third kappa shape index (κ3) is 3.39. The summed E-state index contributed by atoms with van der Waals surface area (Å²) >= 11 is 0. The summed E-state index contributed by atoms with van der Waals surface area (Å²) in [4.78, 5) is 39.1. The third-order valence-electron chi connectivity index (χ3n) is 5.62. The third-order valence-corrected chi connectivity index (χ3v) is 5.62. The van der Waals surface area contributed by atoms with Crippen LogP contribution in [0.5, 0.6) is 0 Å². The van der Waals surface area contributed by atoms with E-state index in [1.165, 1.54) is 31.2 Å². The van der Waals surface area contributed by atoms with E-state index in [0.29, 0.717) is 6.42 Å². The van der Waals surface area contributed by atoms with Gasteiger partial charge in [-0.2, -0.15) is 0 Å². The van der Waals surface area contributed by atoms with E-state index in [2.05, 4.69) is 5.32 Å². The maximum atomic E-state index is 13.1. The lowest BCUT2D eigenvalue weighted by molar-refractivity contribution is -0.161. The molecule has 0 aromatic heterocycles. The predicted molar refractivity (Wildman–Crippen MR) is 108 cm³/mol. The van der Waals surface area contributed by atoms with Crippen LogP contribution in [0, 0.1) is 0 Å². The van der Waals surface area contributed by atoms with Crippen molar-refractivity contribution in [1.82, 2.24) is 5.32 Å². The van der Waals surface area contributed by atoms with Crippen LogP contribution in [-0.4, -0.2) is 69.5 Å². The van der Waals surface area contributed by atoms with Gasteiger partial charge in [-0.15, -0.1) is 0 Å². The standard InChI is InChI=1S/C22H25NO8/c1-4-14(24)10-11-15(25)16-12(2)17(26)21(31-16)19(28)22(30-3,23-20(21)29)18(27)13-8-6-5-7-9-13/h5-11,14-15,19,24-25,28H,4H2,1-3H3,(H,23,29)/b11-10+/t14?,15-,19+,21+,22+/m0/s1. The zero-order chi connectivity index (χ0) is 23.0. The van der Waals surface area contributed by atoms with Crippen LogP contribution in [-0.2, 0) is 19.1 Å². The molecule has 0 bridgehead atoms.